The van der Waals surface area contributed by atoms with Gasteiger partial charge in [-0.2, -0.15) is 0 Å². The number of allylic oxidation sites excluding steroid dienone is 4. The standard InChI is InChI=1S/C34H66/c1-3-5-7-9-11-13-15-17-19-21-23-25-27-29-31-33-34-32-30-28-26-24-22-20-18-16-14-12-10-8-6-4-2/h13,15,22,24H,3-12,14,16-21,23,25-34H2,1-2H3. The minimum absolute atomic E-state index is 1.30. The second-order valence-corrected chi connectivity index (χ2v) is 10.9. The lowest BCUT2D eigenvalue weighted by molar-refractivity contribution is 0.542. The summed E-state index contributed by atoms with van der Waals surface area (Å²) in [6, 6.07) is 0. The zero-order valence-electron chi connectivity index (χ0n) is 24.1. The van der Waals surface area contributed by atoms with Gasteiger partial charge >= 0.3 is 0 Å². The Morgan fingerprint density at radius 2 is 0.412 bits per heavy atom. The first-order valence-electron chi connectivity index (χ1n) is 16.2. The van der Waals surface area contributed by atoms with Crippen molar-refractivity contribution < 1.29 is 0 Å². The topological polar surface area (TPSA) is 0 Å². The fourth-order valence-corrected chi connectivity index (χ4v) is 4.85. The van der Waals surface area contributed by atoms with Crippen LogP contribution in [-0.4, -0.2) is 0 Å². The molecular formula is C34H66. The molecule has 0 aromatic carbocycles. The van der Waals surface area contributed by atoms with E-state index < -0.39 is 0 Å². The molecule has 0 bridgehead atoms. The van der Waals surface area contributed by atoms with Gasteiger partial charge in [-0.1, -0.05) is 167 Å². The van der Waals surface area contributed by atoms with E-state index in [1.165, 1.54) is 180 Å². The number of hydrogen-bond donors (Lipinski definition) is 0. The smallest absolute Gasteiger partial charge is 0.0351 e. The Hall–Kier alpha value is -0.520. The molecule has 0 nitrogen and oxygen atoms in total. The maximum absolute atomic E-state index is 2.45. The van der Waals surface area contributed by atoms with Crippen molar-refractivity contribution in [1.82, 2.24) is 0 Å². The van der Waals surface area contributed by atoms with Crippen LogP contribution in [-0.2, 0) is 0 Å². The van der Waals surface area contributed by atoms with Crippen LogP contribution in [0.1, 0.15) is 194 Å². The predicted octanol–water partition coefficient (Wildman–Crippen LogP) is 13.1. The number of rotatable bonds is 29. The maximum atomic E-state index is 2.45. The molecule has 202 valence electrons. The lowest BCUT2D eigenvalue weighted by atomic mass is 10.0. The molecule has 34 heavy (non-hydrogen) atoms. The summed E-state index contributed by atoms with van der Waals surface area (Å²) in [4.78, 5) is 0. The Balaban J connectivity index is 3.10. The molecule has 0 fully saturated rings. The normalized spacial score (nSPS) is 11.9. The van der Waals surface area contributed by atoms with Gasteiger partial charge in [0.15, 0.2) is 0 Å². The molecular weight excluding hydrogens is 408 g/mol. The van der Waals surface area contributed by atoms with E-state index in [9.17, 15) is 0 Å². The molecule has 0 atom stereocenters. The monoisotopic (exact) mass is 475 g/mol. The first-order valence-corrected chi connectivity index (χ1v) is 16.2. The van der Waals surface area contributed by atoms with Gasteiger partial charge in [0.1, 0.15) is 0 Å². The molecule has 0 saturated carbocycles. The highest BCUT2D eigenvalue weighted by molar-refractivity contribution is 4.82. The van der Waals surface area contributed by atoms with Crippen molar-refractivity contribution in [2.45, 2.75) is 194 Å². The van der Waals surface area contributed by atoms with Crippen LogP contribution in [0.2, 0.25) is 0 Å². The summed E-state index contributed by atoms with van der Waals surface area (Å²) in [6.07, 6.45) is 49.4. The Morgan fingerprint density at radius 1 is 0.235 bits per heavy atom. The molecule has 0 spiro atoms. The van der Waals surface area contributed by atoms with Gasteiger partial charge in [-0.25, -0.2) is 0 Å². The van der Waals surface area contributed by atoms with Crippen LogP contribution < -0.4 is 0 Å². The van der Waals surface area contributed by atoms with Crippen molar-refractivity contribution in [2.24, 2.45) is 0 Å². The quantitative estimate of drug-likeness (QED) is 0.0746. The third-order valence-electron chi connectivity index (χ3n) is 7.27. The Labute approximate surface area is 217 Å². The first kappa shape index (κ1) is 33.5. The van der Waals surface area contributed by atoms with Gasteiger partial charge in [-0.15, -0.1) is 0 Å². The molecule has 0 aromatic heterocycles. The van der Waals surface area contributed by atoms with Gasteiger partial charge < -0.3 is 0 Å². The van der Waals surface area contributed by atoms with Gasteiger partial charge in [0.2, 0.25) is 0 Å². The van der Waals surface area contributed by atoms with Gasteiger partial charge in [0.25, 0.3) is 0 Å². The van der Waals surface area contributed by atoms with Gasteiger partial charge in [0, 0.05) is 0 Å². The number of unbranched alkanes of at least 4 members (excludes halogenated alkanes) is 25. The van der Waals surface area contributed by atoms with E-state index in [0.29, 0.717) is 0 Å². The summed E-state index contributed by atoms with van der Waals surface area (Å²) in [6.45, 7) is 4.59. The Kier molecular flexibility index (Phi) is 32.0. The van der Waals surface area contributed by atoms with Gasteiger partial charge in [-0.3, -0.25) is 0 Å². The van der Waals surface area contributed by atoms with Crippen molar-refractivity contribution in [3.05, 3.63) is 24.3 Å². The second-order valence-electron chi connectivity index (χ2n) is 10.9. The van der Waals surface area contributed by atoms with Crippen molar-refractivity contribution in [3.63, 3.8) is 0 Å². The van der Waals surface area contributed by atoms with E-state index in [2.05, 4.69) is 38.2 Å². The zero-order valence-corrected chi connectivity index (χ0v) is 24.1. The van der Waals surface area contributed by atoms with E-state index in [1.54, 1.807) is 0 Å². The Bertz CT molecular complexity index is 391. The fourth-order valence-electron chi connectivity index (χ4n) is 4.85. The summed E-state index contributed by atoms with van der Waals surface area (Å²) < 4.78 is 0. The Morgan fingerprint density at radius 3 is 0.647 bits per heavy atom. The summed E-state index contributed by atoms with van der Waals surface area (Å²) in [7, 11) is 0. The highest BCUT2D eigenvalue weighted by Gasteiger charge is 1.94. The molecule has 0 unspecified atom stereocenters. The molecule has 0 aliphatic heterocycles. The first-order chi connectivity index (χ1) is 16.9. The molecule has 0 radical (unpaired) electrons. The van der Waals surface area contributed by atoms with Crippen molar-refractivity contribution >= 4 is 0 Å². The largest absolute Gasteiger partial charge is 0.0885 e. The summed E-state index contributed by atoms with van der Waals surface area (Å²) in [5.41, 5.74) is 0. The van der Waals surface area contributed by atoms with Crippen LogP contribution in [0.5, 0.6) is 0 Å². The van der Waals surface area contributed by atoms with E-state index in [1.807, 2.05) is 0 Å². The van der Waals surface area contributed by atoms with Crippen LogP contribution in [0.4, 0.5) is 0 Å². The van der Waals surface area contributed by atoms with E-state index in [-0.39, 0.29) is 0 Å². The van der Waals surface area contributed by atoms with Gasteiger partial charge in [0.05, 0.1) is 0 Å². The maximum Gasteiger partial charge on any atom is -0.0351 e. The fraction of sp³-hybridized carbons (Fsp3) is 0.882. The molecule has 0 aliphatic carbocycles. The molecule has 0 amide bonds. The molecule has 0 heteroatoms. The summed E-state index contributed by atoms with van der Waals surface area (Å²) in [5.74, 6) is 0. The molecule has 0 aromatic rings. The SMILES string of the molecule is CCCCCCC=CCCCCCCCCCCCCCCC=CCCCCCCCCCC. The van der Waals surface area contributed by atoms with E-state index >= 15 is 0 Å². The van der Waals surface area contributed by atoms with Crippen molar-refractivity contribution in [1.29, 1.82) is 0 Å². The average Bonchev–Trinajstić information content (AvgIpc) is 2.85. The molecule has 0 aliphatic rings. The molecule has 0 heterocycles. The van der Waals surface area contributed by atoms with E-state index in [0.717, 1.165) is 0 Å². The van der Waals surface area contributed by atoms with E-state index in [4.69, 9.17) is 0 Å². The zero-order chi connectivity index (χ0) is 24.6. The highest BCUT2D eigenvalue weighted by atomic mass is 14.0. The van der Waals surface area contributed by atoms with Crippen LogP contribution in [0.3, 0.4) is 0 Å². The molecule has 0 rings (SSSR count). The average molecular weight is 475 g/mol. The van der Waals surface area contributed by atoms with Gasteiger partial charge in [-0.05, 0) is 51.4 Å². The second kappa shape index (κ2) is 32.5. The summed E-state index contributed by atoms with van der Waals surface area (Å²) in [5, 5.41) is 0. The van der Waals surface area contributed by atoms with Crippen molar-refractivity contribution in [2.75, 3.05) is 0 Å². The lowest BCUT2D eigenvalue weighted by Crippen LogP contribution is -1.83. The predicted molar refractivity (Wildman–Crippen MR) is 159 cm³/mol. The van der Waals surface area contributed by atoms with Crippen LogP contribution in [0, 0.1) is 0 Å². The molecule has 0 N–H and O–H groups in total. The minimum atomic E-state index is 1.30. The van der Waals surface area contributed by atoms with Crippen LogP contribution >= 0.6 is 0 Å². The third kappa shape index (κ3) is 31.5. The van der Waals surface area contributed by atoms with Crippen LogP contribution in [0.25, 0.3) is 0 Å². The summed E-state index contributed by atoms with van der Waals surface area (Å²) >= 11 is 0. The van der Waals surface area contributed by atoms with Crippen LogP contribution in [0.15, 0.2) is 24.3 Å². The molecule has 0 saturated heterocycles. The lowest BCUT2D eigenvalue weighted by Gasteiger charge is -2.02. The van der Waals surface area contributed by atoms with Crippen molar-refractivity contribution in [3.8, 4) is 0 Å². The highest BCUT2D eigenvalue weighted by Crippen LogP contribution is 2.14. The third-order valence-corrected chi connectivity index (χ3v) is 7.27. The number of hydrogen-bond acceptors (Lipinski definition) is 0. The minimum Gasteiger partial charge on any atom is -0.0885 e.